The van der Waals surface area contributed by atoms with E-state index < -0.39 is 0 Å². The van der Waals surface area contributed by atoms with Gasteiger partial charge in [0.05, 0.1) is 6.10 Å². The molecule has 0 spiro atoms. The Morgan fingerprint density at radius 2 is 0.788 bits per heavy atom. The maximum atomic E-state index is 10.2. The summed E-state index contributed by atoms with van der Waals surface area (Å²) in [5, 5.41) is 10.2. The fraction of sp³-hybridized carbons (Fsp3) is 0.750. The summed E-state index contributed by atoms with van der Waals surface area (Å²) < 4.78 is 0. The lowest BCUT2D eigenvalue weighted by Gasteiger charge is -2.14. The fourth-order valence-corrected chi connectivity index (χ4v) is 4.13. The van der Waals surface area contributed by atoms with Crippen molar-refractivity contribution >= 4 is 0 Å². The number of unbranched alkanes of at least 4 members (excludes halogenated alkanes) is 6. The maximum absolute atomic E-state index is 10.2. The Kier molecular flexibility index (Phi) is 26.3. The smallest absolute Gasteiger partial charge is 0.0540 e. The molecule has 0 aromatic rings. The molecule has 1 heteroatoms. The summed E-state index contributed by atoms with van der Waals surface area (Å²) in [6.07, 6.45) is 41.4. The lowest BCUT2D eigenvalue weighted by Crippen LogP contribution is -2.05. The Balaban J connectivity index is 3.94. The summed E-state index contributed by atoms with van der Waals surface area (Å²) >= 11 is 0. The van der Waals surface area contributed by atoms with Crippen molar-refractivity contribution in [2.75, 3.05) is 0 Å². The molecule has 1 N–H and O–H groups in total. The number of aliphatic hydroxyl groups excluding tert-OH is 1. The third-order valence-corrected chi connectivity index (χ3v) is 6.32. The van der Waals surface area contributed by atoms with E-state index in [1.165, 1.54) is 89.9 Å². The van der Waals surface area contributed by atoms with Gasteiger partial charge in [-0.1, -0.05) is 95.1 Å². The van der Waals surface area contributed by atoms with Crippen LogP contribution in [0.15, 0.2) is 48.6 Å². The molecule has 0 amide bonds. The van der Waals surface area contributed by atoms with Gasteiger partial charge in [-0.05, 0) is 102 Å². The van der Waals surface area contributed by atoms with Gasteiger partial charge in [-0.3, -0.25) is 0 Å². The van der Waals surface area contributed by atoms with Crippen LogP contribution in [-0.2, 0) is 0 Å². The monoisotopic (exact) mass is 458 g/mol. The fourth-order valence-electron chi connectivity index (χ4n) is 4.13. The van der Waals surface area contributed by atoms with Gasteiger partial charge >= 0.3 is 0 Å². The Bertz CT molecular complexity index is 465. The summed E-state index contributed by atoms with van der Waals surface area (Å²) in [7, 11) is 0. The Labute approximate surface area is 208 Å². The molecule has 0 heterocycles. The van der Waals surface area contributed by atoms with Crippen LogP contribution in [0.3, 0.4) is 0 Å². The summed E-state index contributed by atoms with van der Waals surface area (Å²) in [6.45, 7) is 6.71. The van der Waals surface area contributed by atoms with E-state index in [0.717, 1.165) is 38.0 Å². The predicted molar refractivity (Wildman–Crippen MR) is 151 cm³/mol. The average molecular weight is 459 g/mol. The van der Waals surface area contributed by atoms with Crippen LogP contribution in [0, 0.1) is 5.92 Å². The first-order valence-electron chi connectivity index (χ1n) is 14.5. The van der Waals surface area contributed by atoms with Crippen molar-refractivity contribution in [2.45, 2.75) is 149 Å². The topological polar surface area (TPSA) is 20.2 Å². The highest BCUT2D eigenvalue weighted by molar-refractivity contribution is 4.87. The van der Waals surface area contributed by atoms with E-state index in [-0.39, 0.29) is 6.10 Å². The largest absolute Gasteiger partial charge is 0.393 e. The van der Waals surface area contributed by atoms with E-state index in [1.54, 1.807) is 0 Å². The van der Waals surface area contributed by atoms with E-state index in [0.29, 0.717) is 0 Å². The van der Waals surface area contributed by atoms with Crippen LogP contribution in [0.1, 0.15) is 143 Å². The molecule has 0 aliphatic carbocycles. The highest BCUT2D eigenvalue weighted by Crippen LogP contribution is 2.21. The van der Waals surface area contributed by atoms with E-state index in [2.05, 4.69) is 69.4 Å². The molecule has 0 aliphatic rings. The first-order chi connectivity index (χ1) is 16.2. The molecular weight excluding hydrogens is 400 g/mol. The van der Waals surface area contributed by atoms with E-state index in [4.69, 9.17) is 0 Å². The van der Waals surface area contributed by atoms with Crippen LogP contribution in [-0.4, -0.2) is 11.2 Å². The standard InChI is InChI=1S/C32H58O/c1-4-7-10-13-14-19-24-29-32(33)30-25-20-15-18-23-28-31(26-21-16-11-8-5-2)27-22-17-12-9-6-3/h10-13,15-18,31-33H,4-9,14,19-30H2,1-3H3/b13-10?,16-11-,17-12-,18-15?. The maximum Gasteiger partial charge on any atom is 0.0540 e. The summed E-state index contributed by atoms with van der Waals surface area (Å²) in [5.41, 5.74) is 0. The Morgan fingerprint density at radius 3 is 1.24 bits per heavy atom. The van der Waals surface area contributed by atoms with Crippen LogP contribution in [0.25, 0.3) is 0 Å². The zero-order valence-corrected chi connectivity index (χ0v) is 22.7. The van der Waals surface area contributed by atoms with Crippen molar-refractivity contribution in [3.8, 4) is 0 Å². The third-order valence-electron chi connectivity index (χ3n) is 6.32. The molecule has 0 saturated carbocycles. The SMILES string of the molecule is CCCC=CCCCCC(O)CCCC=CCCC(CC/C=C\CCC)CC/C=C\CCC. The summed E-state index contributed by atoms with van der Waals surface area (Å²) in [4.78, 5) is 0. The molecule has 0 radical (unpaired) electrons. The normalized spacial score (nSPS) is 13.6. The molecule has 33 heavy (non-hydrogen) atoms. The van der Waals surface area contributed by atoms with Crippen molar-refractivity contribution in [2.24, 2.45) is 5.92 Å². The molecule has 0 aromatic heterocycles. The van der Waals surface area contributed by atoms with Crippen LogP contribution in [0.4, 0.5) is 0 Å². The minimum Gasteiger partial charge on any atom is -0.393 e. The lowest BCUT2D eigenvalue weighted by atomic mass is 9.92. The minimum atomic E-state index is -0.107. The third kappa shape index (κ3) is 25.4. The molecule has 0 bridgehead atoms. The zero-order chi connectivity index (χ0) is 24.2. The molecule has 0 rings (SSSR count). The predicted octanol–water partition coefficient (Wildman–Crippen LogP) is 10.7. The minimum absolute atomic E-state index is 0.107. The first-order valence-corrected chi connectivity index (χ1v) is 14.5. The second kappa shape index (κ2) is 27.2. The zero-order valence-electron chi connectivity index (χ0n) is 22.7. The second-order valence-electron chi connectivity index (χ2n) is 9.72. The first kappa shape index (κ1) is 31.9. The molecule has 192 valence electrons. The van der Waals surface area contributed by atoms with Gasteiger partial charge in [0.1, 0.15) is 0 Å². The van der Waals surface area contributed by atoms with Gasteiger partial charge in [0.15, 0.2) is 0 Å². The van der Waals surface area contributed by atoms with Gasteiger partial charge in [0.2, 0.25) is 0 Å². The van der Waals surface area contributed by atoms with Crippen LogP contribution < -0.4 is 0 Å². The van der Waals surface area contributed by atoms with Gasteiger partial charge in [0.25, 0.3) is 0 Å². The number of allylic oxidation sites excluding steroid dienone is 8. The van der Waals surface area contributed by atoms with Crippen molar-refractivity contribution in [3.63, 3.8) is 0 Å². The van der Waals surface area contributed by atoms with Gasteiger partial charge < -0.3 is 5.11 Å². The van der Waals surface area contributed by atoms with Gasteiger partial charge in [-0.2, -0.15) is 0 Å². The molecule has 1 atom stereocenters. The lowest BCUT2D eigenvalue weighted by molar-refractivity contribution is 0.149. The molecule has 1 nitrogen and oxygen atoms in total. The van der Waals surface area contributed by atoms with Crippen LogP contribution >= 0.6 is 0 Å². The second-order valence-corrected chi connectivity index (χ2v) is 9.72. The molecule has 0 saturated heterocycles. The molecule has 0 aromatic carbocycles. The Hall–Kier alpha value is -1.08. The van der Waals surface area contributed by atoms with E-state index in [1.807, 2.05) is 0 Å². The van der Waals surface area contributed by atoms with Crippen LogP contribution in [0.2, 0.25) is 0 Å². The van der Waals surface area contributed by atoms with Gasteiger partial charge in [-0.15, -0.1) is 0 Å². The summed E-state index contributed by atoms with van der Waals surface area (Å²) in [5.74, 6) is 0.839. The molecule has 0 fully saturated rings. The van der Waals surface area contributed by atoms with Gasteiger partial charge in [-0.25, -0.2) is 0 Å². The Morgan fingerprint density at radius 1 is 0.424 bits per heavy atom. The quantitative estimate of drug-likeness (QED) is 0.113. The summed E-state index contributed by atoms with van der Waals surface area (Å²) in [6, 6.07) is 0. The van der Waals surface area contributed by atoms with Gasteiger partial charge in [0, 0.05) is 0 Å². The van der Waals surface area contributed by atoms with Crippen LogP contribution in [0.5, 0.6) is 0 Å². The highest BCUT2D eigenvalue weighted by Gasteiger charge is 2.06. The van der Waals surface area contributed by atoms with Crippen molar-refractivity contribution in [1.82, 2.24) is 0 Å². The van der Waals surface area contributed by atoms with Crippen molar-refractivity contribution < 1.29 is 5.11 Å². The highest BCUT2D eigenvalue weighted by atomic mass is 16.3. The number of hydrogen-bond acceptors (Lipinski definition) is 1. The number of rotatable bonds is 24. The van der Waals surface area contributed by atoms with Crippen molar-refractivity contribution in [3.05, 3.63) is 48.6 Å². The van der Waals surface area contributed by atoms with E-state index >= 15 is 0 Å². The number of aliphatic hydroxyl groups is 1. The molecule has 0 aliphatic heterocycles. The number of hydrogen-bond donors (Lipinski definition) is 1. The van der Waals surface area contributed by atoms with E-state index in [9.17, 15) is 5.11 Å². The van der Waals surface area contributed by atoms with Crippen molar-refractivity contribution in [1.29, 1.82) is 0 Å². The average Bonchev–Trinajstić information content (AvgIpc) is 2.82. The molecule has 1 unspecified atom stereocenters. The molecular formula is C32H58O.